The van der Waals surface area contributed by atoms with E-state index in [0.717, 1.165) is 12.8 Å². The van der Waals surface area contributed by atoms with Crippen LogP contribution in [0.3, 0.4) is 0 Å². The molecule has 64 valence electrons. The van der Waals surface area contributed by atoms with E-state index in [0.29, 0.717) is 5.92 Å². The van der Waals surface area contributed by atoms with Crippen LogP contribution < -0.4 is 0 Å². The summed E-state index contributed by atoms with van der Waals surface area (Å²) in [6, 6.07) is 0. The first-order valence-corrected chi connectivity index (χ1v) is 4.16. The monoisotopic (exact) mass is 154 g/mol. The quantitative estimate of drug-likeness (QED) is 0.486. The summed E-state index contributed by atoms with van der Waals surface area (Å²) in [4.78, 5) is 0. The lowest BCUT2D eigenvalue weighted by Gasteiger charge is -2.09. The zero-order valence-electron chi connectivity index (χ0n) is 7.72. The first-order valence-electron chi connectivity index (χ1n) is 4.16. The molecule has 0 atom stereocenters. The second-order valence-corrected chi connectivity index (χ2v) is 3.12. The van der Waals surface area contributed by atoms with Crippen molar-refractivity contribution in [1.82, 2.24) is 0 Å². The second-order valence-electron chi connectivity index (χ2n) is 3.12. The fraction of sp³-hybridized carbons (Fsp3) is 0.600. The SMILES string of the molecule is C=C(O)/C=C(\CCC)C(C)C. The van der Waals surface area contributed by atoms with Crippen molar-refractivity contribution in [2.45, 2.75) is 33.6 Å². The Hall–Kier alpha value is -0.720. The molecule has 0 aliphatic carbocycles. The Bertz CT molecular complexity index is 154. The van der Waals surface area contributed by atoms with Crippen molar-refractivity contribution >= 4 is 0 Å². The molecule has 0 radical (unpaired) electrons. The van der Waals surface area contributed by atoms with Crippen molar-refractivity contribution < 1.29 is 5.11 Å². The fourth-order valence-corrected chi connectivity index (χ4v) is 1.03. The van der Waals surface area contributed by atoms with E-state index in [1.54, 1.807) is 6.08 Å². The number of hydrogen-bond acceptors (Lipinski definition) is 1. The lowest BCUT2D eigenvalue weighted by atomic mass is 9.98. The van der Waals surface area contributed by atoms with Gasteiger partial charge >= 0.3 is 0 Å². The maximum Gasteiger partial charge on any atom is 0.108 e. The van der Waals surface area contributed by atoms with Gasteiger partial charge in [0.1, 0.15) is 5.76 Å². The lowest BCUT2D eigenvalue weighted by Crippen LogP contribution is -1.94. The van der Waals surface area contributed by atoms with E-state index >= 15 is 0 Å². The number of hydrogen-bond donors (Lipinski definition) is 1. The van der Waals surface area contributed by atoms with Crippen LogP contribution in [-0.4, -0.2) is 5.11 Å². The van der Waals surface area contributed by atoms with Gasteiger partial charge in [0.2, 0.25) is 0 Å². The van der Waals surface area contributed by atoms with Crippen LogP contribution in [0.15, 0.2) is 24.0 Å². The maximum absolute atomic E-state index is 8.93. The van der Waals surface area contributed by atoms with Crippen LogP contribution >= 0.6 is 0 Å². The fourth-order valence-electron chi connectivity index (χ4n) is 1.03. The Kier molecular flexibility index (Phi) is 4.67. The average molecular weight is 154 g/mol. The smallest absolute Gasteiger partial charge is 0.108 e. The topological polar surface area (TPSA) is 20.2 Å². The van der Waals surface area contributed by atoms with E-state index in [9.17, 15) is 0 Å². The molecule has 0 fully saturated rings. The molecule has 0 rings (SSSR count). The highest BCUT2D eigenvalue weighted by atomic mass is 16.3. The van der Waals surface area contributed by atoms with Gasteiger partial charge in [-0.3, -0.25) is 0 Å². The molecule has 0 unspecified atom stereocenters. The highest BCUT2D eigenvalue weighted by Crippen LogP contribution is 2.16. The Balaban J connectivity index is 4.20. The first kappa shape index (κ1) is 10.3. The van der Waals surface area contributed by atoms with E-state index in [2.05, 4.69) is 27.4 Å². The summed E-state index contributed by atoms with van der Waals surface area (Å²) in [5, 5.41) is 8.93. The van der Waals surface area contributed by atoms with Gasteiger partial charge in [-0.15, -0.1) is 0 Å². The van der Waals surface area contributed by atoms with Crippen LogP contribution in [0.5, 0.6) is 0 Å². The van der Waals surface area contributed by atoms with Crippen LogP contribution in [0.4, 0.5) is 0 Å². The average Bonchev–Trinajstić information content (AvgIpc) is 1.86. The number of aliphatic hydroxyl groups excluding tert-OH is 1. The predicted molar refractivity (Wildman–Crippen MR) is 49.6 cm³/mol. The molecule has 1 nitrogen and oxygen atoms in total. The largest absolute Gasteiger partial charge is 0.509 e. The molecule has 0 heterocycles. The molecule has 1 N–H and O–H groups in total. The van der Waals surface area contributed by atoms with Gasteiger partial charge in [0.05, 0.1) is 0 Å². The molecule has 0 aromatic carbocycles. The van der Waals surface area contributed by atoms with Crippen molar-refractivity contribution in [1.29, 1.82) is 0 Å². The highest BCUT2D eigenvalue weighted by molar-refractivity contribution is 5.16. The van der Waals surface area contributed by atoms with Crippen molar-refractivity contribution in [2.24, 2.45) is 5.92 Å². The molecule has 0 spiro atoms. The number of allylic oxidation sites excluding steroid dienone is 2. The Morgan fingerprint density at radius 3 is 2.36 bits per heavy atom. The van der Waals surface area contributed by atoms with Gasteiger partial charge < -0.3 is 5.11 Å². The van der Waals surface area contributed by atoms with Crippen LogP contribution in [0.2, 0.25) is 0 Å². The standard InChI is InChI=1S/C10H18O/c1-5-6-10(8(2)3)7-9(4)11/h7-8,11H,4-6H2,1-3H3/b10-7+. The van der Waals surface area contributed by atoms with Crippen molar-refractivity contribution in [3.63, 3.8) is 0 Å². The van der Waals surface area contributed by atoms with E-state index in [-0.39, 0.29) is 5.76 Å². The van der Waals surface area contributed by atoms with Gasteiger partial charge in [-0.25, -0.2) is 0 Å². The summed E-state index contributed by atoms with van der Waals surface area (Å²) in [6.07, 6.45) is 3.95. The summed E-state index contributed by atoms with van der Waals surface area (Å²) in [6.45, 7) is 9.83. The highest BCUT2D eigenvalue weighted by Gasteiger charge is 2.01. The van der Waals surface area contributed by atoms with Gasteiger partial charge in [0.25, 0.3) is 0 Å². The predicted octanol–water partition coefficient (Wildman–Crippen LogP) is 3.44. The zero-order chi connectivity index (χ0) is 8.85. The summed E-state index contributed by atoms with van der Waals surface area (Å²) < 4.78 is 0. The number of aliphatic hydroxyl groups is 1. The minimum absolute atomic E-state index is 0.169. The van der Waals surface area contributed by atoms with Crippen LogP contribution in [0.25, 0.3) is 0 Å². The molecule has 0 bridgehead atoms. The van der Waals surface area contributed by atoms with Crippen molar-refractivity contribution in [2.75, 3.05) is 0 Å². The summed E-state index contributed by atoms with van der Waals surface area (Å²) >= 11 is 0. The van der Waals surface area contributed by atoms with Gasteiger partial charge in [0, 0.05) is 0 Å². The first-order chi connectivity index (χ1) is 5.07. The molecular formula is C10H18O. The van der Waals surface area contributed by atoms with Crippen molar-refractivity contribution in [3.8, 4) is 0 Å². The molecule has 0 amide bonds. The number of rotatable bonds is 4. The molecular weight excluding hydrogens is 136 g/mol. The van der Waals surface area contributed by atoms with Gasteiger partial charge in [0.15, 0.2) is 0 Å². The molecule has 11 heavy (non-hydrogen) atoms. The third kappa shape index (κ3) is 4.65. The summed E-state index contributed by atoms with van der Waals surface area (Å²) in [5.74, 6) is 0.681. The Morgan fingerprint density at radius 1 is 1.55 bits per heavy atom. The molecule has 0 aromatic rings. The van der Waals surface area contributed by atoms with Crippen molar-refractivity contribution in [3.05, 3.63) is 24.0 Å². The second kappa shape index (κ2) is 5.00. The minimum atomic E-state index is 0.169. The maximum atomic E-state index is 8.93. The molecule has 1 heteroatoms. The molecule has 0 aliphatic heterocycles. The Labute approximate surface area is 69.4 Å². The van der Waals surface area contributed by atoms with Crippen LogP contribution in [0, 0.1) is 5.92 Å². The lowest BCUT2D eigenvalue weighted by molar-refractivity contribution is 0.432. The van der Waals surface area contributed by atoms with E-state index in [4.69, 9.17) is 5.11 Å². The van der Waals surface area contributed by atoms with Gasteiger partial charge in [-0.1, -0.05) is 39.3 Å². The molecule has 0 saturated heterocycles. The Morgan fingerprint density at radius 2 is 2.09 bits per heavy atom. The minimum Gasteiger partial charge on any atom is -0.509 e. The summed E-state index contributed by atoms with van der Waals surface area (Å²) in [5.41, 5.74) is 1.28. The molecule has 0 aromatic heterocycles. The van der Waals surface area contributed by atoms with E-state index < -0.39 is 0 Å². The van der Waals surface area contributed by atoms with Crippen LogP contribution in [0.1, 0.15) is 33.6 Å². The van der Waals surface area contributed by atoms with Gasteiger partial charge in [-0.2, -0.15) is 0 Å². The third-order valence-electron chi connectivity index (χ3n) is 1.63. The van der Waals surface area contributed by atoms with E-state index in [1.165, 1.54) is 5.57 Å². The molecule has 0 saturated carbocycles. The van der Waals surface area contributed by atoms with Gasteiger partial charge in [-0.05, 0) is 18.4 Å². The summed E-state index contributed by atoms with van der Waals surface area (Å²) in [7, 11) is 0. The van der Waals surface area contributed by atoms with E-state index in [1.807, 2.05) is 0 Å². The zero-order valence-corrected chi connectivity index (χ0v) is 7.72. The normalized spacial score (nSPS) is 12.2. The molecule has 0 aliphatic rings. The third-order valence-corrected chi connectivity index (χ3v) is 1.63. The van der Waals surface area contributed by atoms with Crippen LogP contribution in [-0.2, 0) is 0 Å².